The Morgan fingerprint density at radius 3 is 2.73 bits per heavy atom. The maximum Gasteiger partial charge on any atom is 0.228 e. The van der Waals surface area contributed by atoms with Crippen molar-refractivity contribution in [3.8, 4) is 0 Å². The van der Waals surface area contributed by atoms with E-state index in [1.807, 2.05) is 29.3 Å². The van der Waals surface area contributed by atoms with Crippen molar-refractivity contribution < 1.29 is 9.53 Å². The molecule has 1 aromatic carbocycles. The van der Waals surface area contributed by atoms with E-state index in [0.717, 1.165) is 10.4 Å². The van der Waals surface area contributed by atoms with Gasteiger partial charge in [-0.05, 0) is 30.9 Å². The lowest BCUT2D eigenvalue weighted by atomic mass is 10.0. The van der Waals surface area contributed by atoms with Crippen LogP contribution in [0.5, 0.6) is 0 Å². The van der Waals surface area contributed by atoms with Gasteiger partial charge in [-0.1, -0.05) is 35.9 Å². The number of nitrogens with zero attached hydrogens (tertiary/aromatic N) is 1. The third-order valence-corrected chi connectivity index (χ3v) is 4.84. The third-order valence-electron chi connectivity index (χ3n) is 3.97. The van der Waals surface area contributed by atoms with Crippen LogP contribution in [0, 0.1) is 6.92 Å². The number of ether oxygens (including phenoxy) is 1. The average Bonchev–Trinajstić information content (AvgIpc) is 3.00. The first-order chi connectivity index (χ1) is 10.6. The number of carbonyl (C=O) groups excluding carboxylic acids is 1. The molecule has 1 aliphatic heterocycles. The molecular weight excluding hydrogens is 294 g/mol. The maximum absolute atomic E-state index is 12.5. The molecule has 0 N–H and O–H groups in total. The molecule has 2 aromatic rings. The first-order valence-electron chi connectivity index (χ1n) is 7.64. The Hall–Kier alpha value is -1.65. The summed E-state index contributed by atoms with van der Waals surface area (Å²) in [7, 11) is 0. The number of morpholine rings is 1. The van der Waals surface area contributed by atoms with E-state index in [0.29, 0.717) is 19.5 Å². The summed E-state index contributed by atoms with van der Waals surface area (Å²) in [5, 5.41) is 2.01. The van der Waals surface area contributed by atoms with Gasteiger partial charge in [-0.15, -0.1) is 11.3 Å². The van der Waals surface area contributed by atoms with E-state index in [9.17, 15) is 4.79 Å². The Kier molecular flexibility index (Phi) is 4.60. The largest absolute Gasteiger partial charge is 0.367 e. The van der Waals surface area contributed by atoms with Crippen LogP contribution in [0.25, 0.3) is 0 Å². The summed E-state index contributed by atoms with van der Waals surface area (Å²) < 4.78 is 6.04. The van der Waals surface area contributed by atoms with E-state index >= 15 is 0 Å². The van der Waals surface area contributed by atoms with Crippen LogP contribution < -0.4 is 0 Å². The van der Waals surface area contributed by atoms with Crippen molar-refractivity contribution in [2.75, 3.05) is 13.1 Å². The summed E-state index contributed by atoms with van der Waals surface area (Å²) in [5.41, 5.74) is 2.38. The second-order valence-electron chi connectivity index (χ2n) is 5.90. The fraction of sp³-hybridized carbons (Fsp3) is 0.389. The number of hydrogen-bond donors (Lipinski definition) is 0. The summed E-state index contributed by atoms with van der Waals surface area (Å²) in [5.74, 6) is 0.190. The zero-order chi connectivity index (χ0) is 15.5. The highest BCUT2D eigenvalue weighted by Gasteiger charge is 2.29. The van der Waals surface area contributed by atoms with E-state index in [1.54, 1.807) is 11.3 Å². The van der Waals surface area contributed by atoms with Gasteiger partial charge in [-0.3, -0.25) is 4.79 Å². The number of amides is 1. The molecule has 1 aromatic heterocycles. The van der Waals surface area contributed by atoms with Gasteiger partial charge in [0, 0.05) is 11.4 Å². The van der Waals surface area contributed by atoms with E-state index in [4.69, 9.17) is 4.74 Å². The fourth-order valence-electron chi connectivity index (χ4n) is 2.79. The molecule has 1 fully saturated rings. The SMILES string of the molecule is Cc1ccc(C2CN(C(=O)Cc3cccs3)CC(C)O2)cc1. The second kappa shape index (κ2) is 6.63. The van der Waals surface area contributed by atoms with Gasteiger partial charge in [-0.25, -0.2) is 0 Å². The predicted octanol–water partition coefficient (Wildman–Crippen LogP) is 3.59. The van der Waals surface area contributed by atoms with Crippen LogP contribution in [0.4, 0.5) is 0 Å². The van der Waals surface area contributed by atoms with Crippen molar-refractivity contribution in [1.82, 2.24) is 4.90 Å². The molecule has 4 heteroatoms. The lowest BCUT2D eigenvalue weighted by Gasteiger charge is -2.37. The molecule has 116 valence electrons. The van der Waals surface area contributed by atoms with Crippen LogP contribution >= 0.6 is 11.3 Å². The molecule has 2 unspecified atom stereocenters. The van der Waals surface area contributed by atoms with Crippen LogP contribution in [0.2, 0.25) is 0 Å². The fourth-order valence-corrected chi connectivity index (χ4v) is 3.49. The standard InChI is InChI=1S/C18H21NO2S/c1-13-5-7-15(8-6-13)17-12-19(11-14(2)21-17)18(20)10-16-4-3-9-22-16/h3-9,14,17H,10-12H2,1-2H3. The average molecular weight is 315 g/mol. The minimum Gasteiger partial charge on any atom is -0.367 e. The minimum atomic E-state index is -0.0309. The number of rotatable bonds is 3. The lowest BCUT2D eigenvalue weighted by molar-refractivity contribution is -0.144. The quantitative estimate of drug-likeness (QED) is 0.866. The summed E-state index contributed by atoms with van der Waals surface area (Å²) in [4.78, 5) is 15.6. The van der Waals surface area contributed by atoms with Gasteiger partial charge in [0.05, 0.1) is 19.1 Å². The molecule has 0 radical (unpaired) electrons. The predicted molar refractivity (Wildman–Crippen MR) is 89.1 cm³/mol. The summed E-state index contributed by atoms with van der Waals surface area (Å²) >= 11 is 1.64. The van der Waals surface area contributed by atoms with Crippen LogP contribution in [0.1, 0.15) is 29.0 Å². The lowest BCUT2D eigenvalue weighted by Crippen LogP contribution is -2.46. The van der Waals surface area contributed by atoms with Gasteiger partial charge >= 0.3 is 0 Å². The molecule has 0 saturated carbocycles. The van der Waals surface area contributed by atoms with Crippen molar-refractivity contribution >= 4 is 17.2 Å². The van der Waals surface area contributed by atoms with E-state index < -0.39 is 0 Å². The first kappa shape index (κ1) is 15.3. The van der Waals surface area contributed by atoms with Crippen LogP contribution in [0.15, 0.2) is 41.8 Å². The Bertz CT molecular complexity index is 621. The van der Waals surface area contributed by atoms with Gasteiger partial charge < -0.3 is 9.64 Å². The summed E-state index contributed by atoms with van der Waals surface area (Å²) in [6.07, 6.45) is 0.523. The van der Waals surface area contributed by atoms with E-state index in [1.165, 1.54) is 5.56 Å². The van der Waals surface area contributed by atoms with Gasteiger partial charge in [0.15, 0.2) is 0 Å². The molecule has 2 heterocycles. The van der Waals surface area contributed by atoms with Crippen LogP contribution in [0.3, 0.4) is 0 Å². The summed E-state index contributed by atoms with van der Waals surface area (Å²) in [6.45, 7) is 5.42. The molecular formula is C18H21NO2S. The topological polar surface area (TPSA) is 29.5 Å². The highest BCUT2D eigenvalue weighted by Crippen LogP contribution is 2.26. The van der Waals surface area contributed by atoms with Gasteiger partial charge in [0.1, 0.15) is 6.10 Å². The number of hydrogen-bond acceptors (Lipinski definition) is 3. The Morgan fingerprint density at radius 2 is 2.05 bits per heavy atom. The van der Waals surface area contributed by atoms with Gasteiger partial charge in [0.2, 0.25) is 5.91 Å². The van der Waals surface area contributed by atoms with Crippen molar-refractivity contribution in [3.05, 3.63) is 57.8 Å². The smallest absolute Gasteiger partial charge is 0.228 e. The monoisotopic (exact) mass is 315 g/mol. The zero-order valence-corrected chi connectivity index (χ0v) is 13.8. The number of carbonyl (C=O) groups is 1. The Morgan fingerprint density at radius 1 is 1.27 bits per heavy atom. The molecule has 22 heavy (non-hydrogen) atoms. The van der Waals surface area contributed by atoms with Crippen molar-refractivity contribution in [2.45, 2.75) is 32.5 Å². The number of benzene rings is 1. The molecule has 0 aliphatic carbocycles. The van der Waals surface area contributed by atoms with Gasteiger partial charge in [-0.2, -0.15) is 0 Å². The third kappa shape index (κ3) is 3.57. The minimum absolute atomic E-state index is 0.0309. The maximum atomic E-state index is 12.5. The molecule has 3 rings (SSSR count). The van der Waals surface area contributed by atoms with Crippen molar-refractivity contribution in [3.63, 3.8) is 0 Å². The van der Waals surface area contributed by atoms with E-state index in [-0.39, 0.29) is 18.1 Å². The Balaban J connectivity index is 1.70. The second-order valence-corrected chi connectivity index (χ2v) is 6.93. The summed E-state index contributed by atoms with van der Waals surface area (Å²) in [6, 6.07) is 12.4. The molecule has 2 atom stereocenters. The van der Waals surface area contributed by atoms with Crippen molar-refractivity contribution in [1.29, 1.82) is 0 Å². The van der Waals surface area contributed by atoms with Crippen molar-refractivity contribution in [2.24, 2.45) is 0 Å². The van der Waals surface area contributed by atoms with E-state index in [2.05, 4.69) is 31.2 Å². The highest BCUT2D eigenvalue weighted by molar-refractivity contribution is 7.10. The normalized spacial score (nSPS) is 21.8. The van der Waals surface area contributed by atoms with Crippen LogP contribution in [-0.2, 0) is 16.0 Å². The number of thiophene rings is 1. The number of aryl methyl sites for hydroxylation is 1. The van der Waals surface area contributed by atoms with Crippen LogP contribution in [-0.4, -0.2) is 30.0 Å². The molecule has 0 spiro atoms. The highest BCUT2D eigenvalue weighted by atomic mass is 32.1. The van der Waals surface area contributed by atoms with Gasteiger partial charge in [0.25, 0.3) is 0 Å². The first-order valence-corrected chi connectivity index (χ1v) is 8.52. The molecule has 3 nitrogen and oxygen atoms in total. The zero-order valence-electron chi connectivity index (χ0n) is 13.0. The molecule has 0 bridgehead atoms. The molecule has 1 amide bonds. The molecule has 1 saturated heterocycles. The Labute approximate surface area is 135 Å². The molecule has 1 aliphatic rings.